The summed E-state index contributed by atoms with van der Waals surface area (Å²) in [6, 6.07) is 15.2. The van der Waals surface area contributed by atoms with Crippen molar-refractivity contribution in [2.45, 2.75) is 38.6 Å². The van der Waals surface area contributed by atoms with Crippen molar-refractivity contribution in [3.05, 3.63) is 54.1 Å². The molecular formula is C23H25N3O3S. The number of likely N-dealkylation sites (tertiary alicyclic amines) is 1. The second-order valence-corrected chi connectivity index (χ2v) is 8.52. The Morgan fingerprint density at radius 1 is 1.23 bits per heavy atom. The van der Waals surface area contributed by atoms with Crippen LogP contribution in [0.5, 0.6) is 5.75 Å². The minimum atomic E-state index is -0.429. The van der Waals surface area contributed by atoms with Crippen molar-refractivity contribution in [2.24, 2.45) is 0 Å². The number of thiazole rings is 1. The zero-order valence-electron chi connectivity index (χ0n) is 17.0. The highest BCUT2D eigenvalue weighted by Crippen LogP contribution is 2.27. The number of hydrogen-bond acceptors (Lipinski definition) is 5. The summed E-state index contributed by atoms with van der Waals surface area (Å²) in [5, 5.41) is 3.48. The number of aryl methyl sites for hydroxylation is 1. The molecule has 0 spiro atoms. The topological polar surface area (TPSA) is 71.5 Å². The van der Waals surface area contributed by atoms with Crippen LogP contribution in [0.4, 0.5) is 5.13 Å². The van der Waals surface area contributed by atoms with E-state index in [-0.39, 0.29) is 11.8 Å². The van der Waals surface area contributed by atoms with E-state index >= 15 is 0 Å². The molecule has 2 amide bonds. The lowest BCUT2D eigenvalue weighted by molar-refractivity contribution is -0.136. The number of nitrogens with one attached hydrogen (secondary N) is 1. The van der Waals surface area contributed by atoms with E-state index in [1.807, 2.05) is 55.5 Å². The van der Waals surface area contributed by atoms with Crippen LogP contribution in [0.25, 0.3) is 10.2 Å². The third-order valence-corrected chi connectivity index (χ3v) is 6.14. The molecule has 6 nitrogen and oxygen atoms in total. The molecule has 0 radical (unpaired) electrons. The van der Waals surface area contributed by atoms with Gasteiger partial charge in [0.15, 0.2) is 5.13 Å². The SMILES string of the molecule is Cc1cccc(OCCCC(=O)N2CCCC2C(=O)Nc2nc3ccccc3s2)c1. The summed E-state index contributed by atoms with van der Waals surface area (Å²) in [6.45, 7) is 3.12. The van der Waals surface area contributed by atoms with Gasteiger partial charge in [0.2, 0.25) is 11.8 Å². The first-order chi connectivity index (χ1) is 14.6. The molecule has 1 atom stereocenters. The van der Waals surface area contributed by atoms with E-state index in [4.69, 9.17) is 4.74 Å². The fourth-order valence-corrected chi connectivity index (χ4v) is 4.58. The zero-order valence-corrected chi connectivity index (χ0v) is 17.8. The minimum Gasteiger partial charge on any atom is -0.494 e. The third-order valence-electron chi connectivity index (χ3n) is 5.19. The van der Waals surface area contributed by atoms with Crippen molar-refractivity contribution >= 4 is 38.5 Å². The van der Waals surface area contributed by atoms with Crippen LogP contribution in [0, 0.1) is 6.92 Å². The van der Waals surface area contributed by atoms with Gasteiger partial charge in [-0.3, -0.25) is 9.59 Å². The molecule has 1 aliphatic rings. The lowest BCUT2D eigenvalue weighted by Crippen LogP contribution is -2.43. The number of ether oxygens (including phenoxy) is 1. The molecule has 0 bridgehead atoms. The Kier molecular flexibility index (Phi) is 6.28. The highest BCUT2D eigenvalue weighted by atomic mass is 32.1. The normalized spacial score (nSPS) is 16.0. The molecule has 0 aliphatic carbocycles. The van der Waals surface area contributed by atoms with E-state index in [9.17, 15) is 9.59 Å². The molecule has 156 valence electrons. The van der Waals surface area contributed by atoms with Gasteiger partial charge in [-0.2, -0.15) is 0 Å². The largest absolute Gasteiger partial charge is 0.494 e. The molecule has 3 aromatic rings. The molecular weight excluding hydrogens is 398 g/mol. The predicted molar refractivity (Wildman–Crippen MR) is 119 cm³/mol. The van der Waals surface area contributed by atoms with Crippen LogP contribution in [0.3, 0.4) is 0 Å². The second kappa shape index (κ2) is 9.26. The Balaban J connectivity index is 1.28. The summed E-state index contributed by atoms with van der Waals surface area (Å²) >= 11 is 1.45. The fourth-order valence-electron chi connectivity index (χ4n) is 3.71. The van der Waals surface area contributed by atoms with Crippen molar-refractivity contribution in [1.82, 2.24) is 9.88 Å². The van der Waals surface area contributed by atoms with Crippen LogP contribution in [0.1, 0.15) is 31.2 Å². The quantitative estimate of drug-likeness (QED) is 0.572. The van der Waals surface area contributed by atoms with Crippen LogP contribution in [0.2, 0.25) is 0 Å². The highest BCUT2D eigenvalue weighted by Gasteiger charge is 2.34. The molecule has 4 rings (SSSR count). The molecule has 1 saturated heterocycles. The van der Waals surface area contributed by atoms with Gasteiger partial charge in [0.05, 0.1) is 16.8 Å². The second-order valence-electron chi connectivity index (χ2n) is 7.49. The molecule has 30 heavy (non-hydrogen) atoms. The summed E-state index contributed by atoms with van der Waals surface area (Å²) < 4.78 is 6.75. The number of anilines is 1. The Morgan fingerprint density at radius 2 is 2.10 bits per heavy atom. The average molecular weight is 424 g/mol. The predicted octanol–water partition coefficient (Wildman–Crippen LogP) is 4.39. The van der Waals surface area contributed by atoms with Crippen molar-refractivity contribution in [2.75, 3.05) is 18.5 Å². The summed E-state index contributed by atoms with van der Waals surface area (Å²) in [5.74, 6) is 0.664. The summed E-state index contributed by atoms with van der Waals surface area (Å²) in [5.41, 5.74) is 2.01. The van der Waals surface area contributed by atoms with Crippen molar-refractivity contribution in [3.8, 4) is 5.75 Å². The van der Waals surface area contributed by atoms with E-state index < -0.39 is 6.04 Å². The van der Waals surface area contributed by atoms with Gasteiger partial charge >= 0.3 is 0 Å². The number of fused-ring (bicyclic) bond motifs is 1. The molecule has 1 unspecified atom stereocenters. The van der Waals surface area contributed by atoms with Gasteiger partial charge in [0.25, 0.3) is 0 Å². The highest BCUT2D eigenvalue weighted by molar-refractivity contribution is 7.22. The Labute approximate surface area is 179 Å². The van der Waals surface area contributed by atoms with E-state index in [0.717, 1.165) is 28.0 Å². The first kappa shape index (κ1) is 20.3. The summed E-state index contributed by atoms with van der Waals surface area (Å²) in [4.78, 5) is 31.6. The Hall–Kier alpha value is -2.93. The standard InChI is InChI=1S/C23H25N3O3S/c1-16-7-4-8-17(15-16)29-14-6-12-21(27)26-13-5-10-19(26)22(28)25-23-24-18-9-2-3-11-20(18)30-23/h2-4,7-9,11,15,19H,5-6,10,12-14H2,1H3,(H,24,25,28). The third kappa shape index (κ3) is 4.79. The van der Waals surface area contributed by atoms with Gasteiger partial charge in [-0.05, 0) is 56.0 Å². The molecule has 1 aromatic heterocycles. The summed E-state index contributed by atoms with van der Waals surface area (Å²) in [6.07, 6.45) is 2.51. The number of hydrogen-bond donors (Lipinski definition) is 1. The molecule has 0 saturated carbocycles. The molecule has 1 aliphatic heterocycles. The molecule has 2 heterocycles. The van der Waals surface area contributed by atoms with Crippen molar-refractivity contribution in [1.29, 1.82) is 0 Å². The van der Waals surface area contributed by atoms with Gasteiger partial charge in [-0.1, -0.05) is 35.6 Å². The first-order valence-corrected chi connectivity index (χ1v) is 11.1. The monoisotopic (exact) mass is 423 g/mol. The number of benzene rings is 2. The van der Waals surface area contributed by atoms with E-state index in [1.165, 1.54) is 11.3 Å². The van der Waals surface area contributed by atoms with Gasteiger partial charge < -0.3 is 15.0 Å². The van der Waals surface area contributed by atoms with Gasteiger partial charge in [-0.15, -0.1) is 0 Å². The lowest BCUT2D eigenvalue weighted by Gasteiger charge is -2.23. The fraction of sp³-hybridized carbons (Fsp3) is 0.348. The van der Waals surface area contributed by atoms with Crippen LogP contribution in [-0.2, 0) is 9.59 Å². The smallest absolute Gasteiger partial charge is 0.248 e. The van der Waals surface area contributed by atoms with Crippen LogP contribution in [-0.4, -0.2) is 40.9 Å². The van der Waals surface area contributed by atoms with Gasteiger partial charge in [0, 0.05) is 13.0 Å². The Bertz CT molecular complexity index is 1020. The number of para-hydroxylation sites is 1. The maximum Gasteiger partial charge on any atom is 0.248 e. The van der Waals surface area contributed by atoms with Crippen LogP contribution in [0.15, 0.2) is 48.5 Å². The number of nitrogens with zero attached hydrogens (tertiary/aromatic N) is 2. The molecule has 1 fully saturated rings. The number of carbonyl (C=O) groups excluding carboxylic acids is 2. The van der Waals surface area contributed by atoms with Crippen LogP contribution >= 0.6 is 11.3 Å². The number of amides is 2. The van der Waals surface area contributed by atoms with Crippen molar-refractivity contribution in [3.63, 3.8) is 0 Å². The van der Waals surface area contributed by atoms with Gasteiger partial charge in [0.1, 0.15) is 11.8 Å². The van der Waals surface area contributed by atoms with Crippen molar-refractivity contribution < 1.29 is 14.3 Å². The maximum absolute atomic E-state index is 12.8. The molecule has 7 heteroatoms. The summed E-state index contributed by atoms with van der Waals surface area (Å²) in [7, 11) is 0. The maximum atomic E-state index is 12.8. The number of rotatable bonds is 7. The lowest BCUT2D eigenvalue weighted by atomic mass is 10.2. The van der Waals surface area contributed by atoms with E-state index in [1.54, 1.807) is 4.90 Å². The minimum absolute atomic E-state index is 0.00444. The molecule has 1 N–H and O–H groups in total. The first-order valence-electron chi connectivity index (χ1n) is 10.3. The van der Waals surface area contributed by atoms with E-state index in [2.05, 4.69) is 10.3 Å². The zero-order chi connectivity index (χ0) is 20.9. The molecule has 2 aromatic carbocycles. The van der Waals surface area contributed by atoms with E-state index in [0.29, 0.717) is 37.5 Å². The average Bonchev–Trinajstić information content (AvgIpc) is 3.37. The number of aromatic nitrogens is 1. The number of carbonyl (C=O) groups is 2. The Morgan fingerprint density at radius 3 is 2.93 bits per heavy atom. The van der Waals surface area contributed by atoms with Gasteiger partial charge in [-0.25, -0.2) is 4.98 Å². The van der Waals surface area contributed by atoms with Crippen LogP contribution < -0.4 is 10.1 Å².